The average molecular weight is 789 g/mol. The minimum absolute atomic E-state index is 0.00445. The molecule has 8 rings (SSSR count). The first kappa shape index (κ1) is 38.4. The van der Waals surface area contributed by atoms with Gasteiger partial charge in [0, 0.05) is 47.0 Å². The number of fused-ring (bicyclic) bond motifs is 2. The highest BCUT2D eigenvalue weighted by molar-refractivity contribution is 5.85. The lowest BCUT2D eigenvalue weighted by Crippen LogP contribution is -2.32. The summed E-state index contributed by atoms with van der Waals surface area (Å²) >= 11 is 0. The van der Waals surface area contributed by atoms with Crippen molar-refractivity contribution in [1.82, 2.24) is 20.2 Å². The zero-order valence-electron chi connectivity index (χ0n) is 31.2. The van der Waals surface area contributed by atoms with Crippen LogP contribution in [0.4, 0.5) is 17.6 Å². The summed E-state index contributed by atoms with van der Waals surface area (Å²) in [5, 5.41) is 12.9. The molecule has 1 unspecified atom stereocenters. The predicted octanol–water partition coefficient (Wildman–Crippen LogP) is 8.54. The van der Waals surface area contributed by atoms with Gasteiger partial charge in [-0.05, 0) is 99.1 Å². The number of hydrogen-bond donors (Lipinski definition) is 2. The largest absolute Gasteiger partial charge is 0.460 e. The minimum atomic E-state index is -3.11. The van der Waals surface area contributed by atoms with Crippen LogP contribution < -0.4 is 14.8 Å². The van der Waals surface area contributed by atoms with Crippen molar-refractivity contribution in [3.05, 3.63) is 82.9 Å². The van der Waals surface area contributed by atoms with Crippen LogP contribution in [0.3, 0.4) is 0 Å². The van der Waals surface area contributed by atoms with Crippen LogP contribution in [0.15, 0.2) is 69.5 Å². The summed E-state index contributed by atoms with van der Waals surface area (Å²) in [6.07, 6.45) is 3.21. The second kappa shape index (κ2) is 16.2. The van der Waals surface area contributed by atoms with Gasteiger partial charge in [-0.15, -0.1) is 0 Å². The number of aliphatic hydroxyl groups excluding tert-OH is 1. The summed E-state index contributed by atoms with van der Waals surface area (Å²) in [6, 6.07) is 16.9. The molecule has 57 heavy (non-hydrogen) atoms. The molecule has 6 aromatic rings. The Morgan fingerprint density at radius 1 is 0.825 bits per heavy atom. The van der Waals surface area contributed by atoms with E-state index in [4.69, 9.17) is 28.0 Å². The molecule has 2 atom stereocenters. The molecule has 2 aromatic heterocycles. The Hall–Kier alpha value is -5.51. The fourth-order valence-corrected chi connectivity index (χ4v) is 7.86. The number of carbonyl (C=O) groups is 1. The molecule has 0 spiro atoms. The zero-order chi connectivity index (χ0) is 39.8. The molecule has 4 aromatic carbocycles. The van der Waals surface area contributed by atoms with E-state index >= 15 is 0 Å². The lowest BCUT2D eigenvalue weighted by molar-refractivity contribution is -0.147. The molecule has 2 aliphatic rings. The summed E-state index contributed by atoms with van der Waals surface area (Å²) in [6.45, 7) is -0.838. The second-order valence-corrected chi connectivity index (χ2v) is 14.3. The third-order valence-electron chi connectivity index (χ3n) is 10.8. The molecule has 11 nitrogen and oxygen atoms in total. The van der Waals surface area contributed by atoms with Gasteiger partial charge in [0.05, 0.1) is 6.61 Å². The average Bonchev–Trinajstić information content (AvgIpc) is 4.01. The first-order valence-corrected chi connectivity index (χ1v) is 18.8. The minimum Gasteiger partial charge on any atom is -0.460 e. The monoisotopic (exact) mass is 788 g/mol. The smallest absolute Gasteiger partial charge is 0.387 e. The summed E-state index contributed by atoms with van der Waals surface area (Å²) in [5.41, 5.74) is 6.85. The fraction of sp³-hybridized carbons (Fsp3) is 0.357. The standard InChI is InChI=1S/C42H40F4N4O7/c1-22-27(8-3-10-29(22)38-48-32-15-24(19-50-14-6-7-26(50)20-51)34(56-41(43)44)17-36(32)54-38)28-9-4-11-30(23(28)2)39-49-33-16-25(21-53-40(52)31-12-5-13-47-31)35(57-42(45)46)18-37(33)55-39/h3-4,8-11,15-18,26,31,41-42,47,51H,5-7,12-14,19-21H2,1-2H3/t26?,31-/m0/s1. The van der Waals surface area contributed by atoms with Crippen molar-refractivity contribution >= 4 is 28.2 Å². The molecule has 2 N–H and O–H groups in total. The maximum atomic E-state index is 13.5. The van der Waals surface area contributed by atoms with Crippen molar-refractivity contribution in [2.45, 2.75) is 78.0 Å². The van der Waals surface area contributed by atoms with Gasteiger partial charge in [0.25, 0.3) is 0 Å². The number of aromatic nitrogens is 2. The molecule has 0 amide bonds. The predicted molar refractivity (Wildman–Crippen MR) is 202 cm³/mol. The lowest BCUT2D eigenvalue weighted by atomic mass is 9.91. The number of nitrogens with zero attached hydrogens (tertiary/aromatic N) is 3. The van der Waals surface area contributed by atoms with Crippen molar-refractivity contribution in [1.29, 1.82) is 0 Å². The van der Waals surface area contributed by atoms with Crippen LogP contribution in [0.1, 0.15) is 47.9 Å². The first-order chi connectivity index (χ1) is 27.6. The molecule has 2 aliphatic heterocycles. The third-order valence-corrected chi connectivity index (χ3v) is 10.8. The third kappa shape index (κ3) is 7.91. The van der Waals surface area contributed by atoms with E-state index < -0.39 is 25.2 Å². The molecular weight excluding hydrogens is 748 g/mol. The van der Waals surface area contributed by atoms with Gasteiger partial charge in [-0.1, -0.05) is 24.3 Å². The summed E-state index contributed by atoms with van der Waals surface area (Å²) < 4.78 is 81.3. The summed E-state index contributed by atoms with van der Waals surface area (Å²) in [4.78, 5) is 24.0. The van der Waals surface area contributed by atoms with Gasteiger partial charge in [0.1, 0.15) is 35.2 Å². The van der Waals surface area contributed by atoms with Crippen LogP contribution in [0.5, 0.6) is 11.5 Å². The Morgan fingerprint density at radius 3 is 1.93 bits per heavy atom. The van der Waals surface area contributed by atoms with Crippen molar-refractivity contribution in [2.24, 2.45) is 0 Å². The maximum Gasteiger partial charge on any atom is 0.387 e. The van der Waals surface area contributed by atoms with Crippen LogP contribution in [-0.2, 0) is 22.7 Å². The fourth-order valence-electron chi connectivity index (χ4n) is 7.86. The molecule has 0 radical (unpaired) electrons. The number of halogens is 4. The number of carbonyl (C=O) groups excluding carboxylic acids is 1. The van der Waals surface area contributed by atoms with Gasteiger partial charge in [0.2, 0.25) is 11.8 Å². The molecular formula is C42H40F4N4O7. The molecule has 2 saturated heterocycles. The number of nitrogens with one attached hydrogen (secondary N) is 1. The second-order valence-electron chi connectivity index (χ2n) is 14.3. The van der Waals surface area contributed by atoms with Gasteiger partial charge in [0.15, 0.2) is 11.2 Å². The van der Waals surface area contributed by atoms with E-state index in [0.717, 1.165) is 48.1 Å². The molecule has 298 valence electrons. The van der Waals surface area contributed by atoms with E-state index in [9.17, 15) is 27.5 Å². The number of aliphatic hydroxyl groups is 1. The van der Waals surface area contributed by atoms with E-state index in [1.165, 1.54) is 18.2 Å². The van der Waals surface area contributed by atoms with E-state index in [1.807, 2.05) is 50.2 Å². The topological polar surface area (TPSA) is 132 Å². The maximum absolute atomic E-state index is 13.5. The Kier molecular flexibility index (Phi) is 10.9. The number of rotatable bonds is 13. The Morgan fingerprint density at radius 2 is 1.39 bits per heavy atom. The van der Waals surface area contributed by atoms with E-state index in [2.05, 4.69) is 15.2 Å². The molecule has 4 heterocycles. The Bertz CT molecular complexity index is 2430. The highest BCUT2D eigenvalue weighted by Gasteiger charge is 2.27. The molecule has 0 aliphatic carbocycles. The lowest BCUT2D eigenvalue weighted by Gasteiger charge is -2.23. The summed E-state index contributed by atoms with van der Waals surface area (Å²) in [7, 11) is 0. The molecule has 0 saturated carbocycles. The highest BCUT2D eigenvalue weighted by Crippen LogP contribution is 2.40. The Labute approximate surface area is 324 Å². The quantitative estimate of drug-likeness (QED) is 0.0862. The van der Waals surface area contributed by atoms with Crippen molar-refractivity contribution < 1.29 is 50.5 Å². The van der Waals surface area contributed by atoms with E-state index in [0.29, 0.717) is 53.1 Å². The van der Waals surface area contributed by atoms with Gasteiger partial charge >= 0.3 is 19.2 Å². The normalized spacial score (nSPS) is 17.4. The number of benzene rings is 4. The molecule has 2 fully saturated rings. The van der Waals surface area contributed by atoms with Gasteiger partial charge in [-0.3, -0.25) is 9.69 Å². The van der Waals surface area contributed by atoms with Crippen molar-refractivity contribution in [2.75, 3.05) is 19.7 Å². The SMILES string of the molecule is Cc1c(-c2nc3cc(COC(=O)[C@@H]4CCCN4)c(OC(F)F)cc3o2)cccc1-c1cccc(-c2nc3cc(CN4CCCC4CO)c(OC(F)F)cc3o2)c1C. The highest BCUT2D eigenvalue weighted by atomic mass is 19.3. The van der Waals surface area contributed by atoms with Crippen molar-refractivity contribution in [3.8, 4) is 45.5 Å². The van der Waals surface area contributed by atoms with Gasteiger partial charge < -0.3 is 33.5 Å². The van der Waals surface area contributed by atoms with Crippen LogP contribution in [0, 0.1) is 13.8 Å². The number of alkyl halides is 4. The zero-order valence-corrected chi connectivity index (χ0v) is 31.2. The number of likely N-dealkylation sites (tertiary alicyclic amines) is 1. The number of oxazole rings is 2. The molecule has 15 heteroatoms. The van der Waals surface area contributed by atoms with Crippen LogP contribution in [0.2, 0.25) is 0 Å². The van der Waals surface area contributed by atoms with Crippen LogP contribution >= 0.6 is 0 Å². The van der Waals surface area contributed by atoms with E-state index in [1.54, 1.807) is 6.07 Å². The number of ether oxygens (including phenoxy) is 3. The van der Waals surface area contributed by atoms with E-state index in [-0.39, 0.29) is 53.4 Å². The van der Waals surface area contributed by atoms with Crippen LogP contribution in [0.25, 0.3) is 56.2 Å². The Balaban J connectivity index is 1.10. The number of esters is 1. The van der Waals surface area contributed by atoms with Gasteiger partial charge in [-0.2, -0.15) is 17.6 Å². The van der Waals surface area contributed by atoms with Crippen LogP contribution in [-0.4, -0.2) is 70.9 Å². The van der Waals surface area contributed by atoms with Gasteiger partial charge in [-0.25, -0.2) is 9.97 Å². The number of hydrogen-bond acceptors (Lipinski definition) is 11. The van der Waals surface area contributed by atoms with Crippen molar-refractivity contribution in [3.63, 3.8) is 0 Å². The molecule has 0 bridgehead atoms. The first-order valence-electron chi connectivity index (χ1n) is 18.8. The summed E-state index contributed by atoms with van der Waals surface area (Å²) in [5.74, 6) is -0.0982.